The summed E-state index contributed by atoms with van der Waals surface area (Å²) in [5.41, 5.74) is 5.35. The Morgan fingerprint density at radius 2 is 1.72 bits per heavy atom. The van der Waals surface area contributed by atoms with E-state index < -0.39 is 6.04 Å². The molecule has 164 valence electrons. The van der Waals surface area contributed by atoms with Gasteiger partial charge in [0.05, 0.1) is 11.4 Å². The Morgan fingerprint density at radius 1 is 1.03 bits per heavy atom. The number of hydrogen-bond donors (Lipinski definition) is 1. The maximum atomic E-state index is 13.5. The van der Waals surface area contributed by atoms with Crippen LogP contribution >= 0.6 is 11.6 Å². The van der Waals surface area contributed by atoms with Crippen molar-refractivity contribution in [2.75, 3.05) is 11.9 Å². The van der Waals surface area contributed by atoms with Crippen LogP contribution in [-0.4, -0.2) is 29.8 Å². The molecule has 0 fully saturated rings. The Labute approximate surface area is 194 Å². The fourth-order valence-electron chi connectivity index (χ4n) is 4.23. The highest BCUT2D eigenvalue weighted by Crippen LogP contribution is 2.33. The minimum Gasteiger partial charge on any atom is -0.508 e. The van der Waals surface area contributed by atoms with E-state index in [9.17, 15) is 9.90 Å². The van der Waals surface area contributed by atoms with E-state index in [1.807, 2.05) is 36.4 Å². The van der Waals surface area contributed by atoms with Gasteiger partial charge in [0.1, 0.15) is 11.8 Å². The topological polar surface area (TPSA) is 52.9 Å². The van der Waals surface area contributed by atoms with Gasteiger partial charge in [0.15, 0.2) is 0 Å². The second-order valence-electron chi connectivity index (χ2n) is 9.21. The Balaban J connectivity index is 1.87. The first kappa shape index (κ1) is 22.1. The zero-order chi connectivity index (χ0) is 23.0. The second kappa shape index (κ2) is 8.44. The Morgan fingerprint density at radius 3 is 2.41 bits per heavy atom. The van der Waals surface area contributed by atoms with Crippen LogP contribution in [0.2, 0.25) is 5.02 Å². The summed E-state index contributed by atoms with van der Waals surface area (Å²) in [7, 11) is 1.78. The molecule has 0 saturated heterocycles. The lowest BCUT2D eigenvalue weighted by atomic mass is 9.82. The first-order chi connectivity index (χ1) is 15.1. The molecule has 4 nitrogen and oxygen atoms in total. The average Bonchev–Trinajstić information content (AvgIpc) is 2.84. The van der Waals surface area contributed by atoms with Crippen molar-refractivity contribution in [2.24, 2.45) is 4.99 Å². The summed E-state index contributed by atoms with van der Waals surface area (Å²) in [4.78, 5) is 20.2. The molecule has 0 spiro atoms. The molecule has 32 heavy (non-hydrogen) atoms. The number of benzodiazepines with no additional fused rings is 1. The first-order valence-electron chi connectivity index (χ1n) is 10.7. The van der Waals surface area contributed by atoms with Crippen molar-refractivity contribution in [2.45, 2.75) is 38.6 Å². The third-order valence-corrected chi connectivity index (χ3v) is 6.09. The van der Waals surface area contributed by atoms with Crippen molar-refractivity contribution in [1.29, 1.82) is 0 Å². The van der Waals surface area contributed by atoms with Crippen LogP contribution in [0.25, 0.3) is 0 Å². The molecule has 0 bridgehead atoms. The molecule has 1 aliphatic rings. The normalized spacial score (nSPS) is 16.4. The number of phenols is 1. The van der Waals surface area contributed by atoms with Gasteiger partial charge in [-0.2, -0.15) is 0 Å². The zero-order valence-electron chi connectivity index (χ0n) is 18.8. The van der Waals surface area contributed by atoms with Crippen LogP contribution in [0, 0.1) is 0 Å². The Bertz CT molecular complexity index is 1190. The standard InChI is InChI=1S/C27H27ClN2O2/c1-27(2,3)22-8-6-5-7-18(22)15-23-26(32)30(4)24-14-11-19(28)16-21(24)25(29-23)17-9-12-20(31)13-10-17/h5-14,16,23,31H,15H2,1-4H3. The minimum atomic E-state index is -0.585. The summed E-state index contributed by atoms with van der Waals surface area (Å²) in [6.07, 6.45) is 0.500. The predicted octanol–water partition coefficient (Wildman–Crippen LogP) is 5.77. The first-order valence-corrected chi connectivity index (χ1v) is 11.1. The van der Waals surface area contributed by atoms with Crippen LogP contribution in [-0.2, 0) is 16.6 Å². The molecule has 0 aliphatic carbocycles. The quantitative estimate of drug-likeness (QED) is 0.555. The summed E-state index contributed by atoms with van der Waals surface area (Å²) >= 11 is 6.33. The van der Waals surface area contributed by atoms with Crippen LogP contribution in [0.5, 0.6) is 5.75 Å². The highest BCUT2D eigenvalue weighted by molar-refractivity contribution is 6.32. The van der Waals surface area contributed by atoms with Gasteiger partial charge in [-0.25, -0.2) is 0 Å². The number of carbonyl (C=O) groups is 1. The van der Waals surface area contributed by atoms with Crippen LogP contribution in [0.1, 0.15) is 43.0 Å². The minimum absolute atomic E-state index is 0.0454. The number of likely N-dealkylation sites (N-methyl/N-ethyl adjacent to an activating group) is 1. The molecule has 3 aromatic carbocycles. The number of benzene rings is 3. The number of anilines is 1. The number of fused-ring (bicyclic) bond motifs is 1. The van der Waals surface area contributed by atoms with Crippen molar-refractivity contribution in [3.63, 3.8) is 0 Å². The molecule has 1 amide bonds. The fraction of sp³-hybridized carbons (Fsp3) is 0.259. The lowest BCUT2D eigenvalue weighted by Gasteiger charge is -2.25. The number of nitrogens with zero attached hydrogens (tertiary/aromatic N) is 2. The molecular weight excluding hydrogens is 420 g/mol. The molecule has 4 rings (SSSR count). The molecule has 1 unspecified atom stereocenters. The van der Waals surface area contributed by atoms with E-state index in [0.29, 0.717) is 17.2 Å². The smallest absolute Gasteiger partial charge is 0.251 e. The van der Waals surface area contributed by atoms with Crippen LogP contribution < -0.4 is 4.90 Å². The van der Waals surface area contributed by atoms with Gasteiger partial charge in [-0.05, 0) is 59.0 Å². The molecule has 1 N–H and O–H groups in total. The summed E-state index contributed by atoms with van der Waals surface area (Å²) in [6, 6.07) is 20.0. The second-order valence-corrected chi connectivity index (χ2v) is 9.65. The third-order valence-electron chi connectivity index (χ3n) is 5.86. The highest BCUT2D eigenvalue weighted by atomic mass is 35.5. The molecule has 0 radical (unpaired) electrons. The maximum absolute atomic E-state index is 13.5. The van der Waals surface area contributed by atoms with Crippen molar-refractivity contribution in [3.8, 4) is 5.75 Å². The molecule has 3 aromatic rings. The number of rotatable bonds is 3. The fourth-order valence-corrected chi connectivity index (χ4v) is 4.41. The van der Waals surface area contributed by atoms with Crippen molar-refractivity contribution in [3.05, 3.63) is 94.0 Å². The zero-order valence-corrected chi connectivity index (χ0v) is 19.5. The van der Waals surface area contributed by atoms with E-state index in [1.54, 1.807) is 30.1 Å². The molecule has 0 aromatic heterocycles. The third kappa shape index (κ3) is 4.28. The number of hydrogen-bond acceptors (Lipinski definition) is 3. The molecule has 5 heteroatoms. The summed E-state index contributed by atoms with van der Waals surface area (Å²) < 4.78 is 0. The van der Waals surface area contributed by atoms with E-state index >= 15 is 0 Å². The summed E-state index contributed by atoms with van der Waals surface area (Å²) in [5.74, 6) is 0.115. The van der Waals surface area contributed by atoms with Crippen molar-refractivity contribution in [1.82, 2.24) is 0 Å². The lowest BCUT2D eigenvalue weighted by Crippen LogP contribution is -2.36. The van der Waals surface area contributed by atoms with Gasteiger partial charge in [-0.3, -0.25) is 9.79 Å². The number of phenolic OH excluding ortho intramolecular Hbond substituents is 1. The maximum Gasteiger partial charge on any atom is 0.251 e. The van der Waals surface area contributed by atoms with E-state index in [1.165, 1.54) is 5.56 Å². The summed E-state index contributed by atoms with van der Waals surface area (Å²) in [6.45, 7) is 6.53. The van der Waals surface area contributed by atoms with Crippen LogP contribution in [0.4, 0.5) is 5.69 Å². The Kier molecular flexibility index (Phi) is 5.83. The molecular formula is C27H27ClN2O2. The van der Waals surface area contributed by atoms with E-state index in [-0.39, 0.29) is 17.1 Å². The van der Waals surface area contributed by atoms with Crippen molar-refractivity contribution >= 4 is 28.9 Å². The number of aromatic hydroxyl groups is 1. The number of halogens is 1. The number of amides is 1. The van der Waals surface area contributed by atoms with Gasteiger partial charge < -0.3 is 10.0 Å². The highest BCUT2D eigenvalue weighted by Gasteiger charge is 2.31. The molecule has 1 atom stereocenters. The predicted molar refractivity (Wildman–Crippen MR) is 131 cm³/mol. The summed E-state index contributed by atoms with van der Waals surface area (Å²) in [5, 5.41) is 10.3. The molecule has 1 heterocycles. The van der Waals surface area contributed by atoms with Gasteiger partial charge in [0.2, 0.25) is 0 Å². The SMILES string of the molecule is CN1C(=O)C(Cc2ccccc2C(C)(C)C)N=C(c2ccc(O)cc2)c2cc(Cl)ccc21. The van der Waals surface area contributed by atoms with Gasteiger partial charge in [-0.1, -0.05) is 56.6 Å². The van der Waals surface area contributed by atoms with Gasteiger partial charge in [0.25, 0.3) is 5.91 Å². The van der Waals surface area contributed by atoms with Gasteiger partial charge in [0, 0.05) is 29.6 Å². The van der Waals surface area contributed by atoms with E-state index in [2.05, 4.69) is 32.9 Å². The van der Waals surface area contributed by atoms with Gasteiger partial charge >= 0.3 is 0 Å². The van der Waals surface area contributed by atoms with Crippen LogP contribution in [0.3, 0.4) is 0 Å². The molecule has 1 aliphatic heterocycles. The number of aliphatic imine (C=N–C) groups is 1. The van der Waals surface area contributed by atoms with Crippen LogP contribution in [0.15, 0.2) is 71.7 Å². The van der Waals surface area contributed by atoms with Crippen molar-refractivity contribution < 1.29 is 9.90 Å². The van der Waals surface area contributed by atoms with E-state index in [4.69, 9.17) is 16.6 Å². The van der Waals surface area contributed by atoms with Gasteiger partial charge in [-0.15, -0.1) is 0 Å². The largest absolute Gasteiger partial charge is 0.508 e. The lowest BCUT2D eigenvalue weighted by molar-refractivity contribution is -0.119. The molecule has 0 saturated carbocycles. The monoisotopic (exact) mass is 446 g/mol. The average molecular weight is 447 g/mol. The number of carbonyl (C=O) groups excluding carboxylic acids is 1. The Hall–Kier alpha value is -3.11. The van der Waals surface area contributed by atoms with E-state index in [0.717, 1.165) is 22.4 Å².